The molecule has 0 spiro atoms. The SMILES string of the molecule is Cc1ccc(C=C(CN)B2OC(C)(C)C(C)(C)O2)c(C(=O)O)c1. The van der Waals surface area contributed by atoms with E-state index in [0.717, 1.165) is 11.0 Å². The largest absolute Gasteiger partial charge is 0.491 e. The standard InChI is InChI=1S/C17H24BNO4/c1-11-6-7-12(14(8-11)15(20)21)9-13(10-19)18-22-16(2,3)17(4,5)23-18/h6-9H,10,19H2,1-5H3,(H,20,21). The third kappa shape index (κ3) is 3.49. The summed E-state index contributed by atoms with van der Waals surface area (Å²) in [4.78, 5) is 11.4. The molecular formula is C17H24BNO4. The minimum absolute atomic E-state index is 0.226. The fraction of sp³-hybridized carbons (Fsp3) is 0.471. The van der Waals surface area contributed by atoms with Gasteiger partial charge in [0.25, 0.3) is 0 Å². The molecule has 0 aliphatic carbocycles. The predicted octanol–water partition coefficient (Wildman–Crippen LogP) is 2.67. The lowest BCUT2D eigenvalue weighted by Gasteiger charge is -2.32. The quantitative estimate of drug-likeness (QED) is 0.834. The maximum atomic E-state index is 11.4. The summed E-state index contributed by atoms with van der Waals surface area (Å²) in [5.41, 5.74) is 7.38. The highest BCUT2D eigenvalue weighted by atomic mass is 16.7. The van der Waals surface area contributed by atoms with Crippen molar-refractivity contribution < 1.29 is 19.2 Å². The molecule has 124 valence electrons. The molecule has 1 aromatic rings. The van der Waals surface area contributed by atoms with E-state index in [2.05, 4.69) is 0 Å². The second-order valence-electron chi connectivity index (χ2n) is 6.91. The van der Waals surface area contributed by atoms with Crippen LogP contribution in [0.1, 0.15) is 49.2 Å². The molecule has 0 atom stereocenters. The Morgan fingerprint density at radius 3 is 2.30 bits per heavy atom. The third-order valence-electron chi connectivity index (χ3n) is 4.57. The maximum absolute atomic E-state index is 11.4. The summed E-state index contributed by atoms with van der Waals surface area (Å²) in [5.74, 6) is -0.967. The van der Waals surface area contributed by atoms with E-state index in [-0.39, 0.29) is 12.1 Å². The number of rotatable bonds is 4. The molecule has 0 saturated carbocycles. The Balaban J connectivity index is 2.40. The molecule has 5 nitrogen and oxygen atoms in total. The molecule has 1 saturated heterocycles. The van der Waals surface area contributed by atoms with Gasteiger partial charge in [-0.2, -0.15) is 0 Å². The average Bonchev–Trinajstić information content (AvgIpc) is 2.65. The van der Waals surface area contributed by atoms with E-state index >= 15 is 0 Å². The minimum atomic E-state index is -0.967. The molecule has 6 heteroatoms. The summed E-state index contributed by atoms with van der Waals surface area (Å²) in [5, 5.41) is 9.38. The number of carboxylic acids is 1. The van der Waals surface area contributed by atoms with Gasteiger partial charge in [-0.05, 0) is 51.7 Å². The van der Waals surface area contributed by atoms with Crippen molar-refractivity contribution in [2.45, 2.75) is 45.8 Å². The first kappa shape index (κ1) is 17.7. The maximum Gasteiger partial charge on any atom is 0.491 e. The first-order valence-electron chi connectivity index (χ1n) is 7.67. The van der Waals surface area contributed by atoms with E-state index in [4.69, 9.17) is 15.0 Å². The summed E-state index contributed by atoms with van der Waals surface area (Å²) in [6.07, 6.45) is 1.76. The number of hydrogen-bond donors (Lipinski definition) is 2. The molecule has 3 N–H and O–H groups in total. The van der Waals surface area contributed by atoms with Crippen LogP contribution < -0.4 is 5.73 Å². The normalized spacial score (nSPS) is 19.9. The summed E-state index contributed by atoms with van der Waals surface area (Å²) < 4.78 is 12.0. The highest BCUT2D eigenvalue weighted by Gasteiger charge is 2.52. The van der Waals surface area contributed by atoms with E-state index in [9.17, 15) is 9.90 Å². The van der Waals surface area contributed by atoms with E-state index in [0.29, 0.717) is 5.56 Å². The van der Waals surface area contributed by atoms with Gasteiger partial charge in [-0.25, -0.2) is 4.79 Å². The van der Waals surface area contributed by atoms with Crippen molar-refractivity contribution >= 4 is 19.2 Å². The molecule has 1 aliphatic heterocycles. The Morgan fingerprint density at radius 1 is 1.26 bits per heavy atom. The Bertz CT molecular complexity index is 636. The van der Waals surface area contributed by atoms with Crippen LogP contribution in [-0.4, -0.2) is 35.9 Å². The van der Waals surface area contributed by atoms with Crippen LogP contribution >= 0.6 is 0 Å². The van der Waals surface area contributed by atoms with Crippen LogP contribution in [0.25, 0.3) is 6.08 Å². The van der Waals surface area contributed by atoms with E-state index < -0.39 is 24.3 Å². The van der Waals surface area contributed by atoms with E-state index in [1.165, 1.54) is 0 Å². The average molecular weight is 317 g/mol. The van der Waals surface area contributed by atoms with Gasteiger partial charge in [0.2, 0.25) is 0 Å². The van der Waals surface area contributed by atoms with Crippen LogP contribution in [0, 0.1) is 6.92 Å². The van der Waals surface area contributed by atoms with Gasteiger partial charge in [-0.1, -0.05) is 23.8 Å². The van der Waals surface area contributed by atoms with Gasteiger partial charge >= 0.3 is 13.1 Å². The first-order valence-corrected chi connectivity index (χ1v) is 7.67. The second-order valence-corrected chi connectivity index (χ2v) is 6.91. The Morgan fingerprint density at radius 2 is 1.83 bits per heavy atom. The molecule has 2 rings (SSSR count). The zero-order valence-corrected chi connectivity index (χ0v) is 14.3. The lowest BCUT2D eigenvalue weighted by atomic mass is 9.76. The number of hydrogen-bond acceptors (Lipinski definition) is 4. The van der Waals surface area contributed by atoms with Gasteiger partial charge in [0.1, 0.15) is 0 Å². The molecule has 0 radical (unpaired) electrons. The molecule has 0 bridgehead atoms. The van der Waals surface area contributed by atoms with Crippen LogP contribution in [-0.2, 0) is 9.31 Å². The minimum Gasteiger partial charge on any atom is -0.478 e. The molecule has 0 amide bonds. The van der Waals surface area contributed by atoms with Gasteiger partial charge in [0.15, 0.2) is 0 Å². The molecule has 1 fully saturated rings. The number of nitrogens with two attached hydrogens (primary N) is 1. The van der Waals surface area contributed by atoms with Crippen molar-refractivity contribution in [2.75, 3.05) is 6.54 Å². The molecule has 1 aliphatic rings. The summed E-state index contributed by atoms with van der Waals surface area (Å²) >= 11 is 0. The van der Waals surface area contributed by atoms with Crippen LogP contribution in [0.2, 0.25) is 0 Å². The fourth-order valence-corrected chi connectivity index (χ4v) is 2.40. The van der Waals surface area contributed by atoms with Crippen molar-refractivity contribution in [3.63, 3.8) is 0 Å². The zero-order valence-electron chi connectivity index (χ0n) is 14.3. The van der Waals surface area contributed by atoms with Crippen molar-refractivity contribution in [2.24, 2.45) is 5.73 Å². The van der Waals surface area contributed by atoms with Crippen LogP contribution in [0.4, 0.5) is 0 Å². The Labute approximate surface area is 137 Å². The zero-order chi connectivity index (χ0) is 17.4. The highest BCUT2D eigenvalue weighted by Crippen LogP contribution is 2.38. The number of aryl methyl sites for hydroxylation is 1. The number of aromatic carboxylic acids is 1. The van der Waals surface area contributed by atoms with E-state index in [1.807, 2.05) is 40.7 Å². The summed E-state index contributed by atoms with van der Waals surface area (Å²) in [6, 6.07) is 5.29. The summed E-state index contributed by atoms with van der Waals surface area (Å²) in [7, 11) is -0.576. The molecule has 1 aromatic carbocycles. The fourth-order valence-electron chi connectivity index (χ4n) is 2.40. The van der Waals surface area contributed by atoms with Gasteiger partial charge in [0, 0.05) is 6.54 Å². The van der Waals surface area contributed by atoms with Crippen LogP contribution in [0.15, 0.2) is 23.7 Å². The van der Waals surface area contributed by atoms with Crippen LogP contribution in [0.5, 0.6) is 0 Å². The topological polar surface area (TPSA) is 81.8 Å². The lowest BCUT2D eigenvalue weighted by Crippen LogP contribution is -2.41. The van der Waals surface area contributed by atoms with Crippen molar-refractivity contribution in [1.29, 1.82) is 0 Å². The van der Waals surface area contributed by atoms with E-state index in [1.54, 1.807) is 18.2 Å². The molecule has 1 heterocycles. The van der Waals surface area contributed by atoms with Gasteiger partial charge in [-0.15, -0.1) is 0 Å². The molecule has 0 aromatic heterocycles. The van der Waals surface area contributed by atoms with Crippen molar-refractivity contribution in [3.8, 4) is 0 Å². The lowest BCUT2D eigenvalue weighted by molar-refractivity contribution is 0.00578. The van der Waals surface area contributed by atoms with Gasteiger partial charge in [-0.3, -0.25) is 0 Å². The Hall–Kier alpha value is -1.63. The van der Waals surface area contributed by atoms with Crippen molar-refractivity contribution in [3.05, 3.63) is 40.4 Å². The number of benzene rings is 1. The van der Waals surface area contributed by atoms with Crippen LogP contribution in [0.3, 0.4) is 0 Å². The smallest absolute Gasteiger partial charge is 0.478 e. The monoisotopic (exact) mass is 317 g/mol. The third-order valence-corrected chi connectivity index (χ3v) is 4.57. The highest BCUT2D eigenvalue weighted by molar-refractivity contribution is 6.56. The van der Waals surface area contributed by atoms with Crippen molar-refractivity contribution in [1.82, 2.24) is 0 Å². The first-order chi connectivity index (χ1) is 10.6. The number of carboxylic acid groups (broad SMARTS) is 1. The summed E-state index contributed by atoms with van der Waals surface area (Å²) in [6.45, 7) is 9.96. The molecular weight excluding hydrogens is 293 g/mol. The van der Waals surface area contributed by atoms with Gasteiger partial charge < -0.3 is 20.1 Å². The predicted molar refractivity (Wildman–Crippen MR) is 91.3 cm³/mol. The van der Waals surface area contributed by atoms with Gasteiger partial charge in [0.05, 0.1) is 16.8 Å². The molecule has 23 heavy (non-hydrogen) atoms. The second kappa shape index (κ2) is 6.11. The number of carbonyl (C=O) groups is 1. The molecule has 0 unspecified atom stereocenters. The Kier molecular flexibility index (Phi) is 4.71.